The molecule has 0 saturated carbocycles. The predicted octanol–water partition coefficient (Wildman–Crippen LogP) is 2.84. The average molecular weight is 312 g/mol. The maximum atomic E-state index is 13.9. The predicted molar refractivity (Wildman–Crippen MR) is 75.9 cm³/mol. The molecular weight excluding hydrogens is 295 g/mol. The van der Waals surface area contributed by atoms with Crippen LogP contribution in [0.25, 0.3) is 0 Å². The quantitative estimate of drug-likeness (QED) is 0.484. The number of non-ortho nitro benzene ring substituents is 1. The van der Waals surface area contributed by atoms with Gasteiger partial charge in [0.05, 0.1) is 4.92 Å². The summed E-state index contributed by atoms with van der Waals surface area (Å²) < 4.78 is 19.0. The molecule has 0 aliphatic rings. The van der Waals surface area contributed by atoms with E-state index >= 15 is 0 Å². The van der Waals surface area contributed by atoms with Crippen LogP contribution in [-0.4, -0.2) is 34.9 Å². The Hall–Kier alpha value is -2.51. The molecule has 1 rings (SSSR count). The summed E-state index contributed by atoms with van der Waals surface area (Å²) in [5.41, 5.74) is -1.43. The lowest BCUT2D eigenvalue weighted by atomic mass is 10.1. The molecule has 0 saturated heterocycles. The number of nitro groups is 1. The third kappa shape index (κ3) is 4.24. The summed E-state index contributed by atoms with van der Waals surface area (Å²) in [5, 5.41) is 10.8. The van der Waals surface area contributed by atoms with Crippen LogP contribution in [0, 0.1) is 15.9 Å². The van der Waals surface area contributed by atoms with Gasteiger partial charge in [0.1, 0.15) is 23.7 Å². The first-order valence-electron chi connectivity index (χ1n) is 6.41. The van der Waals surface area contributed by atoms with E-state index in [1.807, 2.05) is 0 Å². The van der Waals surface area contributed by atoms with Gasteiger partial charge in [-0.3, -0.25) is 15.0 Å². The van der Waals surface area contributed by atoms with Crippen LogP contribution in [0.5, 0.6) is 0 Å². The molecule has 0 fully saturated rings. The summed E-state index contributed by atoms with van der Waals surface area (Å²) >= 11 is 0. The van der Waals surface area contributed by atoms with Crippen molar-refractivity contribution in [2.75, 3.05) is 7.05 Å². The molecule has 0 radical (unpaired) electrons. The zero-order chi connectivity index (χ0) is 17.1. The Labute approximate surface area is 126 Å². The summed E-state index contributed by atoms with van der Waals surface area (Å²) in [6.07, 6.45) is -0.512. The normalized spacial score (nSPS) is 12.4. The monoisotopic (exact) mass is 312 g/mol. The molecule has 1 amide bonds. The third-order valence-electron chi connectivity index (χ3n) is 2.74. The standard InChI is InChI=1S/C14H17FN2O5/c1-14(2,3)22-13(19)16(4)12(8-18)10-7-9(17(20)21)5-6-11(10)15/h5-8,12H,1-4H3. The van der Waals surface area contributed by atoms with Gasteiger partial charge >= 0.3 is 6.09 Å². The second-order valence-electron chi connectivity index (χ2n) is 5.64. The molecule has 7 nitrogen and oxygen atoms in total. The second kappa shape index (κ2) is 6.50. The van der Waals surface area contributed by atoms with Crippen molar-refractivity contribution in [3.8, 4) is 0 Å². The maximum Gasteiger partial charge on any atom is 0.410 e. The smallest absolute Gasteiger partial charge is 0.410 e. The van der Waals surface area contributed by atoms with Crippen molar-refractivity contribution in [3.05, 3.63) is 39.7 Å². The molecule has 0 aliphatic heterocycles. The number of carbonyl (C=O) groups excluding carboxylic acids is 2. The fraction of sp³-hybridized carbons (Fsp3) is 0.429. The SMILES string of the molecule is CN(C(=O)OC(C)(C)C)C(C=O)c1cc([N+](=O)[O-])ccc1F. The van der Waals surface area contributed by atoms with Gasteiger partial charge in [0.25, 0.3) is 5.69 Å². The largest absolute Gasteiger partial charge is 0.444 e. The Bertz CT molecular complexity index is 597. The summed E-state index contributed by atoms with van der Waals surface area (Å²) in [6.45, 7) is 4.92. The van der Waals surface area contributed by atoms with Crippen molar-refractivity contribution in [2.24, 2.45) is 0 Å². The van der Waals surface area contributed by atoms with E-state index in [1.165, 1.54) is 7.05 Å². The summed E-state index contributed by atoms with van der Waals surface area (Å²) in [5.74, 6) is -0.821. The van der Waals surface area contributed by atoms with E-state index in [4.69, 9.17) is 4.74 Å². The minimum atomic E-state index is -1.32. The Morgan fingerprint density at radius 1 is 1.45 bits per heavy atom. The average Bonchev–Trinajstić information content (AvgIpc) is 2.39. The molecule has 0 bridgehead atoms. The number of hydrogen-bond acceptors (Lipinski definition) is 5. The molecule has 1 aromatic carbocycles. The van der Waals surface area contributed by atoms with Crippen molar-refractivity contribution >= 4 is 18.1 Å². The minimum absolute atomic E-state index is 0.266. The van der Waals surface area contributed by atoms with Gasteiger partial charge in [-0.15, -0.1) is 0 Å². The molecule has 8 heteroatoms. The first-order valence-corrected chi connectivity index (χ1v) is 6.41. The topological polar surface area (TPSA) is 89.8 Å². The summed E-state index contributed by atoms with van der Waals surface area (Å²) in [7, 11) is 1.26. The highest BCUT2D eigenvalue weighted by Crippen LogP contribution is 2.26. The first-order chi connectivity index (χ1) is 10.1. The number of amides is 1. The van der Waals surface area contributed by atoms with E-state index in [-0.39, 0.29) is 11.3 Å². The van der Waals surface area contributed by atoms with Gasteiger partial charge in [0, 0.05) is 24.7 Å². The molecule has 0 heterocycles. The maximum absolute atomic E-state index is 13.9. The van der Waals surface area contributed by atoms with E-state index < -0.39 is 28.5 Å². The van der Waals surface area contributed by atoms with Crippen LogP contribution in [-0.2, 0) is 9.53 Å². The molecule has 1 unspecified atom stereocenters. The van der Waals surface area contributed by atoms with Gasteiger partial charge in [-0.1, -0.05) is 0 Å². The highest BCUT2D eigenvalue weighted by Gasteiger charge is 2.29. The van der Waals surface area contributed by atoms with Crippen LogP contribution in [0.2, 0.25) is 0 Å². The van der Waals surface area contributed by atoms with Crippen molar-refractivity contribution in [1.82, 2.24) is 4.90 Å². The number of hydrogen-bond donors (Lipinski definition) is 0. The number of nitrogens with zero attached hydrogens (tertiary/aromatic N) is 2. The van der Waals surface area contributed by atoms with Gasteiger partial charge in [0.15, 0.2) is 0 Å². The van der Waals surface area contributed by atoms with Gasteiger partial charge in [-0.2, -0.15) is 0 Å². The number of benzene rings is 1. The number of likely N-dealkylation sites (N-methyl/N-ethyl adjacent to an activating group) is 1. The van der Waals surface area contributed by atoms with Gasteiger partial charge in [0.2, 0.25) is 0 Å². The van der Waals surface area contributed by atoms with Crippen LogP contribution in [0.4, 0.5) is 14.9 Å². The first kappa shape index (κ1) is 17.5. The lowest BCUT2D eigenvalue weighted by Crippen LogP contribution is -2.37. The Kier molecular flexibility index (Phi) is 5.19. The fourth-order valence-electron chi connectivity index (χ4n) is 1.69. The van der Waals surface area contributed by atoms with Gasteiger partial charge in [-0.05, 0) is 26.8 Å². The molecule has 0 spiro atoms. The molecule has 22 heavy (non-hydrogen) atoms. The fourth-order valence-corrected chi connectivity index (χ4v) is 1.69. The van der Waals surface area contributed by atoms with Crippen molar-refractivity contribution in [1.29, 1.82) is 0 Å². The van der Waals surface area contributed by atoms with E-state index in [0.717, 1.165) is 23.1 Å². The van der Waals surface area contributed by atoms with Crippen molar-refractivity contribution in [3.63, 3.8) is 0 Å². The molecule has 1 aromatic rings. The van der Waals surface area contributed by atoms with Crippen LogP contribution >= 0.6 is 0 Å². The van der Waals surface area contributed by atoms with E-state index in [0.29, 0.717) is 6.29 Å². The number of nitro benzene ring substituents is 1. The van der Waals surface area contributed by atoms with Crippen LogP contribution in [0.3, 0.4) is 0 Å². The van der Waals surface area contributed by atoms with E-state index in [1.54, 1.807) is 20.8 Å². The van der Waals surface area contributed by atoms with Crippen LogP contribution < -0.4 is 0 Å². The highest BCUT2D eigenvalue weighted by atomic mass is 19.1. The van der Waals surface area contributed by atoms with Crippen molar-refractivity contribution in [2.45, 2.75) is 32.4 Å². The lowest BCUT2D eigenvalue weighted by Gasteiger charge is -2.28. The number of carbonyl (C=O) groups is 2. The lowest BCUT2D eigenvalue weighted by molar-refractivity contribution is -0.385. The van der Waals surface area contributed by atoms with E-state index in [9.17, 15) is 24.1 Å². The molecular formula is C14H17FN2O5. The van der Waals surface area contributed by atoms with Crippen LogP contribution in [0.1, 0.15) is 32.4 Å². The number of rotatable bonds is 4. The number of halogens is 1. The van der Waals surface area contributed by atoms with Crippen molar-refractivity contribution < 1.29 is 23.6 Å². The Morgan fingerprint density at radius 2 is 2.05 bits per heavy atom. The van der Waals surface area contributed by atoms with E-state index in [2.05, 4.69) is 0 Å². The summed E-state index contributed by atoms with van der Waals surface area (Å²) in [4.78, 5) is 34.2. The van der Waals surface area contributed by atoms with Gasteiger partial charge < -0.3 is 9.53 Å². The molecule has 1 atom stereocenters. The zero-order valence-electron chi connectivity index (χ0n) is 12.7. The molecule has 0 N–H and O–H groups in total. The zero-order valence-corrected chi connectivity index (χ0v) is 12.7. The minimum Gasteiger partial charge on any atom is -0.444 e. The summed E-state index contributed by atoms with van der Waals surface area (Å²) in [6, 6.07) is 1.46. The second-order valence-corrected chi connectivity index (χ2v) is 5.64. The van der Waals surface area contributed by atoms with Gasteiger partial charge in [-0.25, -0.2) is 9.18 Å². The third-order valence-corrected chi connectivity index (χ3v) is 2.74. The molecule has 0 aliphatic carbocycles. The highest BCUT2D eigenvalue weighted by molar-refractivity contribution is 5.75. The van der Waals surface area contributed by atoms with Crippen LogP contribution in [0.15, 0.2) is 18.2 Å². The Morgan fingerprint density at radius 3 is 2.50 bits per heavy atom. The number of aldehydes is 1. The molecule has 0 aromatic heterocycles. The Balaban J connectivity index is 3.15. The molecule has 120 valence electrons. The number of ether oxygens (including phenoxy) is 1.